The van der Waals surface area contributed by atoms with Gasteiger partial charge in [-0.05, 0) is 55.2 Å². The van der Waals surface area contributed by atoms with Crippen molar-refractivity contribution in [3.8, 4) is 0 Å². The smallest absolute Gasteiger partial charge is 0.325 e. The highest BCUT2D eigenvalue weighted by Crippen LogP contribution is 2.49. The number of fused-ring (bicyclic) bond motifs is 5. The van der Waals surface area contributed by atoms with E-state index in [1.165, 1.54) is 16.3 Å². The topological polar surface area (TPSA) is 60.3 Å². The van der Waals surface area contributed by atoms with E-state index in [-0.39, 0.29) is 24.3 Å². The number of anilines is 1. The van der Waals surface area contributed by atoms with Gasteiger partial charge in [0, 0.05) is 45.4 Å². The molecule has 0 spiro atoms. The van der Waals surface area contributed by atoms with Crippen LogP contribution in [0.2, 0.25) is 0 Å². The number of ether oxygens (including phenoxy) is 1. The molecule has 1 N–H and O–H groups in total. The Hall–Kier alpha value is -3.86. The minimum Gasteiger partial charge on any atom is -0.465 e. The predicted molar refractivity (Wildman–Crippen MR) is 139 cm³/mol. The number of rotatable bonds is 4. The summed E-state index contributed by atoms with van der Waals surface area (Å²) >= 11 is 0. The molecule has 5 nitrogen and oxygen atoms in total. The average Bonchev–Trinajstić information content (AvgIpc) is 3.14. The number of aromatic nitrogens is 1. The van der Waals surface area contributed by atoms with Crippen LogP contribution in [0.4, 0.5) is 5.69 Å². The van der Waals surface area contributed by atoms with Gasteiger partial charge in [0.25, 0.3) is 0 Å². The first-order valence-electron chi connectivity index (χ1n) is 12.4. The lowest BCUT2D eigenvalue weighted by atomic mass is 9.76. The van der Waals surface area contributed by atoms with Crippen molar-refractivity contribution in [1.29, 1.82) is 0 Å². The lowest BCUT2D eigenvalue weighted by molar-refractivity contribution is -0.143. The first kappa shape index (κ1) is 21.7. The van der Waals surface area contributed by atoms with Gasteiger partial charge in [0.1, 0.15) is 6.54 Å². The maximum absolute atomic E-state index is 13.5. The molecule has 0 unspecified atom stereocenters. The van der Waals surface area contributed by atoms with Gasteiger partial charge in [0.2, 0.25) is 0 Å². The summed E-state index contributed by atoms with van der Waals surface area (Å²) in [5.74, 6) is -0.0473. The maximum Gasteiger partial charge on any atom is 0.325 e. The Bertz CT molecular complexity index is 1540. The standard InChI is InChI=1S/C30H28N2O3/c1-3-35-26(34)17-32-18(2)27(21-11-6-7-13-24(21)32)30-29-22(12-8-14-25(29)33)28-20-10-5-4-9-19(20)15-16-23(28)31-30/h4-7,9-11,13,15-16,30-31H,3,8,12,14,17H2,1-2H3/t30-/m1/s1. The first-order valence-corrected chi connectivity index (χ1v) is 12.4. The van der Waals surface area contributed by atoms with Gasteiger partial charge in [-0.1, -0.05) is 48.5 Å². The Morgan fingerprint density at radius 2 is 1.80 bits per heavy atom. The van der Waals surface area contributed by atoms with Gasteiger partial charge >= 0.3 is 5.97 Å². The molecular weight excluding hydrogens is 436 g/mol. The molecule has 3 aromatic carbocycles. The number of esters is 1. The molecule has 35 heavy (non-hydrogen) atoms. The van der Waals surface area contributed by atoms with Crippen molar-refractivity contribution in [2.45, 2.75) is 45.7 Å². The highest BCUT2D eigenvalue weighted by Gasteiger charge is 2.37. The first-order chi connectivity index (χ1) is 17.1. The van der Waals surface area contributed by atoms with E-state index in [0.29, 0.717) is 13.0 Å². The second-order valence-electron chi connectivity index (χ2n) is 9.36. The fourth-order valence-electron chi connectivity index (χ4n) is 5.98. The van der Waals surface area contributed by atoms with E-state index >= 15 is 0 Å². The van der Waals surface area contributed by atoms with Crippen LogP contribution in [0.15, 0.2) is 66.2 Å². The molecule has 1 aliphatic carbocycles. The van der Waals surface area contributed by atoms with Crippen LogP contribution in [0.5, 0.6) is 0 Å². The van der Waals surface area contributed by atoms with E-state index in [0.717, 1.165) is 51.8 Å². The van der Waals surface area contributed by atoms with Gasteiger partial charge in [-0.15, -0.1) is 0 Å². The highest BCUT2D eigenvalue weighted by molar-refractivity contribution is 6.13. The molecule has 4 aromatic rings. The van der Waals surface area contributed by atoms with E-state index in [2.05, 4.69) is 47.8 Å². The van der Waals surface area contributed by atoms with Gasteiger partial charge < -0.3 is 14.6 Å². The quantitative estimate of drug-likeness (QED) is 0.358. The zero-order chi connectivity index (χ0) is 24.1. The predicted octanol–water partition coefficient (Wildman–Crippen LogP) is 6.34. The van der Waals surface area contributed by atoms with Gasteiger partial charge in [-0.3, -0.25) is 9.59 Å². The molecule has 0 amide bonds. The lowest BCUT2D eigenvalue weighted by Crippen LogP contribution is -2.28. The van der Waals surface area contributed by atoms with Crippen LogP contribution in [-0.2, 0) is 20.9 Å². The summed E-state index contributed by atoms with van der Waals surface area (Å²) < 4.78 is 7.28. The fourth-order valence-corrected chi connectivity index (χ4v) is 5.98. The average molecular weight is 465 g/mol. The van der Waals surface area contributed by atoms with Crippen molar-refractivity contribution >= 4 is 44.7 Å². The summed E-state index contributed by atoms with van der Waals surface area (Å²) in [5, 5.41) is 7.17. The van der Waals surface area contributed by atoms with E-state index in [1.54, 1.807) is 0 Å². The van der Waals surface area contributed by atoms with E-state index in [9.17, 15) is 9.59 Å². The summed E-state index contributed by atoms with van der Waals surface area (Å²) in [5.41, 5.74) is 7.28. The third-order valence-electron chi connectivity index (χ3n) is 7.44. The fraction of sp³-hybridized carbons (Fsp3) is 0.267. The third kappa shape index (κ3) is 3.37. The Labute approximate surface area is 204 Å². The molecule has 176 valence electrons. The van der Waals surface area contributed by atoms with Crippen LogP contribution in [-0.4, -0.2) is 22.9 Å². The number of hydrogen-bond donors (Lipinski definition) is 1. The Balaban J connectivity index is 1.59. The Kier molecular flexibility index (Phi) is 5.21. The normalized spacial score (nSPS) is 17.3. The van der Waals surface area contributed by atoms with Crippen LogP contribution in [0, 0.1) is 6.92 Å². The summed E-state index contributed by atoms with van der Waals surface area (Å²) in [6.07, 6.45) is 2.33. The molecule has 2 heterocycles. The van der Waals surface area contributed by atoms with Crippen molar-refractivity contribution in [3.05, 3.63) is 83.1 Å². The molecule has 1 atom stereocenters. The van der Waals surface area contributed by atoms with E-state index in [4.69, 9.17) is 4.74 Å². The SMILES string of the molecule is CCOC(=O)Cn1c(C)c([C@H]2Nc3ccc4ccccc4c3C3=C2C(=O)CCC3)c2ccccc21. The van der Waals surface area contributed by atoms with Crippen molar-refractivity contribution in [1.82, 2.24) is 4.57 Å². The van der Waals surface area contributed by atoms with Crippen LogP contribution < -0.4 is 5.32 Å². The lowest BCUT2D eigenvalue weighted by Gasteiger charge is -2.35. The number of carbonyl (C=O) groups excluding carboxylic acids is 2. The number of benzene rings is 3. The number of nitrogens with zero attached hydrogens (tertiary/aromatic N) is 1. The molecule has 0 bridgehead atoms. The number of Topliss-reactive ketones (excluding diaryl/α,β-unsaturated/α-hetero) is 1. The molecule has 2 aliphatic rings. The minimum absolute atomic E-state index is 0.147. The van der Waals surface area contributed by atoms with E-state index < -0.39 is 0 Å². The molecule has 5 heteroatoms. The van der Waals surface area contributed by atoms with Crippen molar-refractivity contribution in [2.24, 2.45) is 0 Å². The monoisotopic (exact) mass is 464 g/mol. The zero-order valence-electron chi connectivity index (χ0n) is 20.1. The number of nitrogens with one attached hydrogen (secondary N) is 1. The second kappa shape index (κ2) is 8.42. The highest BCUT2D eigenvalue weighted by atomic mass is 16.5. The number of ketones is 1. The summed E-state index contributed by atoms with van der Waals surface area (Å²) in [6, 6.07) is 20.5. The van der Waals surface area contributed by atoms with Crippen LogP contribution in [0.25, 0.3) is 27.2 Å². The largest absolute Gasteiger partial charge is 0.465 e. The van der Waals surface area contributed by atoms with E-state index in [1.807, 2.05) is 36.6 Å². The minimum atomic E-state index is -0.264. The Morgan fingerprint density at radius 1 is 1.03 bits per heavy atom. The molecule has 1 aliphatic heterocycles. The van der Waals surface area contributed by atoms with Gasteiger partial charge in [-0.25, -0.2) is 0 Å². The number of para-hydroxylation sites is 1. The zero-order valence-corrected chi connectivity index (χ0v) is 20.1. The van der Waals surface area contributed by atoms with Gasteiger partial charge in [0.15, 0.2) is 5.78 Å². The van der Waals surface area contributed by atoms with Crippen LogP contribution in [0.1, 0.15) is 49.0 Å². The van der Waals surface area contributed by atoms with Crippen LogP contribution >= 0.6 is 0 Å². The maximum atomic E-state index is 13.5. The van der Waals surface area contributed by atoms with Crippen molar-refractivity contribution in [3.63, 3.8) is 0 Å². The van der Waals surface area contributed by atoms with Crippen molar-refractivity contribution in [2.75, 3.05) is 11.9 Å². The molecule has 0 radical (unpaired) electrons. The molecule has 0 saturated heterocycles. The summed E-state index contributed by atoms with van der Waals surface area (Å²) in [7, 11) is 0. The molecular formula is C30H28N2O3. The summed E-state index contributed by atoms with van der Waals surface area (Å²) in [6.45, 7) is 4.36. The number of carbonyl (C=O) groups is 2. The molecule has 0 fully saturated rings. The van der Waals surface area contributed by atoms with Gasteiger partial charge in [0.05, 0.1) is 12.6 Å². The van der Waals surface area contributed by atoms with Crippen molar-refractivity contribution < 1.29 is 14.3 Å². The third-order valence-corrected chi connectivity index (χ3v) is 7.44. The number of hydrogen-bond acceptors (Lipinski definition) is 4. The van der Waals surface area contributed by atoms with Crippen LogP contribution in [0.3, 0.4) is 0 Å². The molecule has 0 saturated carbocycles. The molecule has 6 rings (SSSR count). The number of allylic oxidation sites excluding steroid dienone is 1. The molecule has 1 aromatic heterocycles. The van der Waals surface area contributed by atoms with Gasteiger partial charge in [-0.2, -0.15) is 0 Å². The Morgan fingerprint density at radius 3 is 2.63 bits per heavy atom. The summed E-state index contributed by atoms with van der Waals surface area (Å²) in [4.78, 5) is 25.9. The second-order valence-corrected chi connectivity index (χ2v) is 9.36.